The number of thiazole rings is 1. The van der Waals surface area contributed by atoms with Crippen molar-refractivity contribution in [2.75, 3.05) is 12.9 Å². The van der Waals surface area contributed by atoms with E-state index >= 15 is 0 Å². The standard InChI is InChI=1S/C18H17N3O2S3/c1-21(12-26(22,23)17-6-3-8-24-17)14-5-2-4-13-10-16(20-15(13)11-14)18-19-7-9-25-18/h2-11,14,20H,12H2,1H3. The highest BCUT2D eigenvalue weighted by Gasteiger charge is 2.21. The number of nitrogens with one attached hydrogen (secondary N) is 1. The first kappa shape index (κ1) is 17.4. The van der Waals surface area contributed by atoms with Gasteiger partial charge in [-0.1, -0.05) is 24.3 Å². The lowest BCUT2D eigenvalue weighted by molar-refractivity contribution is 0.377. The zero-order chi connectivity index (χ0) is 18.1. The lowest BCUT2D eigenvalue weighted by Gasteiger charge is -2.21. The zero-order valence-electron chi connectivity index (χ0n) is 14.0. The Hall–Kier alpha value is -2.00. The molecule has 134 valence electrons. The molecule has 0 fully saturated rings. The van der Waals surface area contributed by atoms with Crippen molar-refractivity contribution in [1.82, 2.24) is 14.9 Å². The van der Waals surface area contributed by atoms with E-state index in [2.05, 4.69) is 22.1 Å². The Morgan fingerprint density at radius 1 is 1.31 bits per heavy atom. The molecule has 0 radical (unpaired) electrons. The molecule has 1 aliphatic rings. The molecule has 0 spiro atoms. The maximum Gasteiger partial charge on any atom is 0.200 e. The SMILES string of the molecule is CN(CS(=O)(=O)c1cccs1)C1C=CC=c2cc(-c3nccs3)[nH]c2=C1. The molecule has 1 unspecified atom stereocenters. The molecule has 0 saturated carbocycles. The Morgan fingerprint density at radius 3 is 2.92 bits per heavy atom. The predicted molar refractivity (Wildman–Crippen MR) is 107 cm³/mol. The fourth-order valence-electron chi connectivity index (χ4n) is 2.87. The number of hydrogen-bond acceptors (Lipinski definition) is 6. The smallest absolute Gasteiger partial charge is 0.200 e. The van der Waals surface area contributed by atoms with Gasteiger partial charge in [0.15, 0.2) is 0 Å². The van der Waals surface area contributed by atoms with Crippen LogP contribution in [0.15, 0.2) is 51.5 Å². The Bertz CT molecular complexity index is 1140. The van der Waals surface area contributed by atoms with Gasteiger partial charge in [0.1, 0.15) is 15.1 Å². The second-order valence-electron chi connectivity index (χ2n) is 6.03. The number of aromatic nitrogens is 2. The maximum atomic E-state index is 12.5. The van der Waals surface area contributed by atoms with Crippen molar-refractivity contribution in [2.24, 2.45) is 0 Å². The van der Waals surface area contributed by atoms with E-state index < -0.39 is 9.84 Å². The Labute approximate surface area is 159 Å². The van der Waals surface area contributed by atoms with Crippen molar-refractivity contribution >= 4 is 44.7 Å². The second kappa shape index (κ2) is 6.96. The number of nitrogens with zero attached hydrogens (tertiary/aromatic N) is 2. The average Bonchev–Trinajstić information content (AvgIpc) is 3.34. The molecule has 0 amide bonds. The van der Waals surface area contributed by atoms with Crippen LogP contribution in [0.3, 0.4) is 0 Å². The summed E-state index contributed by atoms with van der Waals surface area (Å²) in [4.78, 5) is 9.57. The van der Waals surface area contributed by atoms with Crippen LogP contribution in [0.2, 0.25) is 0 Å². The number of H-pyrrole nitrogens is 1. The summed E-state index contributed by atoms with van der Waals surface area (Å²) >= 11 is 2.83. The normalized spacial score (nSPS) is 16.8. The Morgan fingerprint density at radius 2 is 2.19 bits per heavy atom. The van der Waals surface area contributed by atoms with E-state index in [0.717, 1.165) is 21.3 Å². The van der Waals surface area contributed by atoms with Crippen molar-refractivity contribution in [3.63, 3.8) is 0 Å². The summed E-state index contributed by atoms with van der Waals surface area (Å²) in [5, 5.41) is 6.72. The minimum Gasteiger partial charge on any atom is -0.353 e. The minimum absolute atomic E-state index is 0.0333. The number of thiophene rings is 1. The molecule has 26 heavy (non-hydrogen) atoms. The summed E-state index contributed by atoms with van der Waals surface area (Å²) in [6, 6.07) is 5.36. The van der Waals surface area contributed by atoms with Crippen LogP contribution in [-0.4, -0.2) is 42.3 Å². The first-order valence-electron chi connectivity index (χ1n) is 7.99. The van der Waals surface area contributed by atoms with E-state index in [9.17, 15) is 8.42 Å². The van der Waals surface area contributed by atoms with Gasteiger partial charge in [-0.15, -0.1) is 22.7 Å². The van der Waals surface area contributed by atoms with E-state index in [1.165, 1.54) is 11.3 Å². The average molecular weight is 404 g/mol. The fraction of sp³-hybridized carbons (Fsp3) is 0.167. The van der Waals surface area contributed by atoms with Crippen LogP contribution in [0.5, 0.6) is 0 Å². The Kier molecular flexibility index (Phi) is 4.66. The van der Waals surface area contributed by atoms with Crippen LogP contribution < -0.4 is 10.6 Å². The summed E-state index contributed by atoms with van der Waals surface area (Å²) < 4.78 is 25.5. The van der Waals surface area contributed by atoms with Gasteiger partial charge in [0.2, 0.25) is 9.84 Å². The lowest BCUT2D eigenvalue weighted by atomic mass is 10.2. The molecule has 0 aliphatic heterocycles. The number of sulfone groups is 1. The summed E-state index contributed by atoms with van der Waals surface area (Å²) in [6.45, 7) is 0. The van der Waals surface area contributed by atoms with Crippen molar-refractivity contribution < 1.29 is 8.42 Å². The number of rotatable bonds is 5. The molecule has 1 N–H and O–H groups in total. The van der Waals surface area contributed by atoms with Gasteiger partial charge in [-0.05, 0) is 35.9 Å². The van der Waals surface area contributed by atoms with Gasteiger partial charge in [-0.2, -0.15) is 0 Å². The third-order valence-electron chi connectivity index (χ3n) is 4.15. The van der Waals surface area contributed by atoms with E-state index in [1.54, 1.807) is 35.0 Å². The molecular weight excluding hydrogens is 386 g/mol. The predicted octanol–water partition coefficient (Wildman–Crippen LogP) is 2.06. The van der Waals surface area contributed by atoms with Crippen molar-refractivity contribution in [2.45, 2.75) is 10.3 Å². The van der Waals surface area contributed by atoms with Crippen LogP contribution in [0.25, 0.3) is 22.9 Å². The fourth-order valence-corrected chi connectivity index (χ4v) is 5.96. The van der Waals surface area contributed by atoms with E-state index in [4.69, 9.17) is 0 Å². The summed E-state index contributed by atoms with van der Waals surface area (Å²) in [7, 11) is -1.50. The van der Waals surface area contributed by atoms with Crippen LogP contribution >= 0.6 is 22.7 Å². The van der Waals surface area contributed by atoms with Gasteiger partial charge in [0, 0.05) is 23.0 Å². The van der Waals surface area contributed by atoms with Gasteiger partial charge < -0.3 is 4.98 Å². The highest BCUT2D eigenvalue weighted by molar-refractivity contribution is 7.93. The molecule has 1 aliphatic carbocycles. The van der Waals surface area contributed by atoms with Gasteiger partial charge in [0.25, 0.3) is 0 Å². The molecule has 0 aromatic carbocycles. The molecule has 1 atom stereocenters. The maximum absolute atomic E-state index is 12.5. The minimum atomic E-state index is -3.32. The van der Waals surface area contributed by atoms with E-state index in [0.29, 0.717) is 4.21 Å². The third-order valence-corrected chi connectivity index (χ3v) is 8.16. The number of likely N-dealkylation sites (N-methyl/N-ethyl adjacent to an activating group) is 1. The number of hydrogen-bond donors (Lipinski definition) is 1. The van der Waals surface area contributed by atoms with Gasteiger partial charge >= 0.3 is 0 Å². The molecule has 4 rings (SSSR count). The molecule has 3 heterocycles. The molecule has 3 aromatic heterocycles. The van der Waals surface area contributed by atoms with Crippen LogP contribution in [0.4, 0.5) is 0 Å². The number of fused-ring (bicyclic) bond motifs is 1. The first-order chi connectivity index (χ1) is 12.5. The summed E-state index contributed by atoms with van der Waals surface area (Å²) in [6.07, 6.45) is 9.84. The molecule has 8 heteroatoms. The van der Waals surface area contributed by atoms with Crippen molar-refractivity contribution in [3.8, 4) is 10.7 Å². The molecular formula is C18H17N3O2S3. The van der Waals surface area contributed by atoms with E-state index in [1.807, 2.05) is 35.6 Å². The van der Waals surface area contributed by atoms with Crippen LogP contribution in [0.1, 0.15) is 0 Å². The molecule has 0 bridgehead atoms. The third kappa shape index (κ3) is 3.45. The summed E-state index contributed by atoms with van der Waals surface area (Å²) in [5.74, 6) is -0.0333. The molecule has 5 nitrogen and oxygen atoms in total. The summed E-state index contributed by atoms with van der Waals surface area (Å²) in [5.41, 5.74) is 0.973. The highest BCUT2D eigenvalue weighted by atomic mass is 32.2. The van der Waals surface area contributed by atoms with Gasteiger partial charge in [-0.3, -0.25) is 4.90 Å². The van der Waals surface area contributed by atoms with Gasteiger partial charge in [0.05, 0.1) is 5.69 Å². The first-order valence-corrected chi connectivity index (χ1v) is 11.4. The van der Waals surface area contributed by atoms with Gasteiger partial charge in [-0.25, -0.2) is 13.4 Å². The second-order valence-corrected chi connectivity index (χ2v) is 10.1. The van der Waals surface area contributed by atoms with E-state index in [-0.39, 0.29) is 11.9 Å². The monoisotopic (exact) mass is 403 g/mol. The topological polar surface area (TPSA) is 66.1 Å². The van der Waals surface area contributed by atoms with Crippen LogP contribution in [0, 0.1) is 0 Å². The number of aromatic amines is 1. The molecule has 3 aromatic rings. The van der Waals surface area contributed by atoms with Crippen molar-refractivity contribution in [1.29, 1.82) is 0 Å². The zero-order valence-corrected chi connectivity index (χ0v) is 16.4. The van der Waals surface area contributed by atoms with Crippen LogP contribution in [-0.2, 0) is 9.84 Å². The lowest BCUT2D eigenvalue weighted by Crippen LogP contribution is -2.35. The molecule has 0 saturated heterocycles. The highest BCUT2D eigenvalue weighted by Crippen LogP contribution is 2.20. The van der Waals surface area contributed by atoms with Crippen molar-refractivity contribution in [3.05, 3.63) is 57.9 Å². The largest absolute Gasteiger partial charge is 0.353 e. The quantitative estimate of drug-likeness (QED) is 0.708. The Balaban J connectivity index is 1.63. The number of allylic oxidation sites excluding steroid dienone is 1.